The van der Waals surface area contributed by atoms with Gasteiger partial charge in [-0.2, -0.15) is 4.98 Å². The predicted molar refractivity (Wildman–Crippen MR) is 133 cm³/mol. The van der Waals surface area contributed by atoms with Gasteiger partial charge in [-0.05, 0) is 45.2 Å². The van der Waals surface area contributed by atoms with Crippen molar-refractivity contribution in [2.45, 2.75) is 58.2 Å². The number of rotatable bonds is 6. The van der Waals surface area contributed by atoms with Gasteiger partial charge in [0.1, 0.15) is 0 Å². The van der Waals surface area contributed by atoms with Crippen LogP contribution in [0, 0.1) is 5.92 Å². The van der Waals surface area contributed by atoms with Crippen molar-refractivity contribution in [3.8, 4) is 11.4 Å². The van der Waals surface area contributed by atoms with E-state index in [1.165, 1.54) is 0 Å². The minimum absolute atomic E-state index is 0. The average molecular weight is 561 g/mol. The maximum atomic E-state index is 12.3. The monoisotopic (exact) mass is 560 g/mol. The Balaban J connectivity index is 0.00000341. The Morgan fingerprint density at radius 3 is 2.87 bits per heavy atom. The van der Waals surface area contributed by atoms with Gasteiger partial charge in [0.25, 0.3) is 0 Å². The minimum atomic E-state index is 0. The van der Waals surface area contributed by atoms with Crippen LogP contribution in [0.5, 0.6) is 0 Å². The number of aromatic nitrogens is 2. The Kier molecular flexibility index (Phi) is 10.0. The van der Waals surface area contributed by atoms with Gasteiger partial charge in [0.2, 0.25) is 17.6 Å². The molecule has 1 aromatic carbocycles. The molecule has 1 fully saturated rings. The topological polar surface area (TPSA) is 104 Å². The maximum absolute atomic E-state index is 12.3. The fraction of sp³-hybridized carbons (Fsp3) is 0.524. The standard InChI is InChI=1S/C21H29ClN6O2.HI/c1-13(2)25-20(29)15-7-5-9-17(11-15)26-21(23-3)24-12-18-27-19(28-30-18)14-6-4-8-16(22)10-14;/h4,6,8,10,13,15,17H,5,7,9,11-12H2,1-3H3,(H,25,29)(H2,23,24,26);1H. The molecular weight excluding hydrogens is 531 g/mol. The van der Waals surface area contributed by atoms with E-state index in [2.05, 4.69) is 31.1 Å². The van der Waals surface area contributed by atoms with Gasteiger partial charge in [-0.1, -0.05) is 35.3 Å². The molecule has 1 saturated carbocycles. The molecule has 1 aliphatic rings. The summed E-state index contributed by atoms with van der Waals surface area (Å²) in [7, 11) is 1.71. The largest absolute Gasteiger partial charge is 0.354 e. The SMILES string of the molecule is CN=C(NCc1nc(-c2cccc(Cl)c2)no1)NC1CCCC(C(=O)NC(C)C)C1.I. The van der Waals surface area contributed by atoms with Crippen molar-refractivity contribution in [2.24, 2.45) is 10.9 Å². The highest BCUT2D eigenvalue weighted by molar-refractivity contribution is 14.0. The third-order valence-electron chi connectivity index (χ3n) is 5.00. The van der Waals surface area contributed by atoms with Gasteiger partial charge in [0.15, 0.2) is 5.96 Å². The van der Waals surface area contributed by atoms with Gasteiger partial charge >= 0.3 is 0 Å². The van der Waals surface area contributed by atoms with Crippen molar-refractivity contribution in [2.75, 3.05) is 7.05 Å². The number of benzene rings is 1. The lowest BCUT2D eigenvalue weighted by Gasteiger charge is -2.30. The zero-order valence-corrected chi connectivity index (χ0v) is 21.1. The molecule has 3 rings (SSSR count). The first kappa shape index (κ1) is 25.4. The number of hydrogen-bond donors (Lipinski definition) is 3. The fourth-order valence-corrected chi connectivity index (χ4v) is 3.77. The number of carbonyl (C=O) groups excluding carboxylic acids is 1. The van der Waals surface area contributed by atoms with Crippen molar-refractivity contribution in [1.82, 2.24) is 26.1 Å². The molecule has 1 aliphatic carbocycles. The van der Waals surface area contributed by atoms with Crippen LogP contribution < -0.4 is 16.0 Å². The molecule has 0 aliphatic heterocycles. The zero-order chi connectivity index (χ0) is 21.5. The molecule has 170 valence electrons. The Bertz CT molecular complexity index is 888. The highest BCUT2D eigenvalue weighted by atomic mass is 127. The summed E-state index contributed by atoms with van der Waals surface area (Å²) in [5.41, 5.74) is 0.799. The van der Waals surface area contributed by atoms with Gasteiger partial charge in [0, 0.05) is 35.6 Å². The molecule has 31 heavy (non-hydrogen) atoms. The summed E-state index contributed by atoms with van der Waals surface area (Å²) in [6.45, 7) is 4.31. The van der Waals surface area contributed by atoms with E-state index in [0.29, 0.717) is 29.2 Å². The van der Waals surface area contributed by atoms with E-state index in [9.17, 15) is 4.79 Å². The van der Waals surface area contributed by atoms with Crippen molar-refractivity contribution in [3.63, 3.8) is 0 Å². The molecule has 0 saturated heterocycles. The van der Waals surface area contributed by atoms with Crippen LogP contribution in [0.2, 0.25) is 5.02 Å². The van der Waals surface area contributed by atoms with Gasteiger partial charge in [-0.25, -0.2) is 0 Å². The van der Waals surface area contributed by atoms with Crippen LogP contribution in [0.25, 0.3) is 11.4 Å². The molecule has 0 bridgehead atoms. The van der Waals surface area contributed by atoms with E-state index < -0.39 is 0 Å². The van der Waals surface area contributed by atoms with Crippen LogP contribution >= 0.6 is 35.6 Å². The lowest BCUT2D eigenvalue weighted by Crippen LogP contribution is -2.47. The molecule has 2 aromatic rings. The van der Waals surface area contributed by atoms with E-state index in [0.717, 1.165) is 31.2 Å². The minimum Gasteiger partial charge on any atom is -0.354 e. The summed E-state index contributed by atoms with van der Waals surface area (Å²) >= 11 is 6.02. The molecule has 1 amide bonds. The molecule has 3 N–H and O–H groups in total. The van der Waals surface area contributed by atoms with Crippen LogP contribution in [0.4, 0.5) is 0 Å². The van der Waals surface area contributed by atoms with Crippen LogP contribution in [-0.4, -0.2) is 41.1 Å². The molecule has 1 heterocycles. The summed E-state index contributed by atoms with van der Waals surface area (Å²) in [5.74, 6) is 1.76. The first-order valence-electron chi connectivity index (χ1n) is 10.3. The maximum Gasteiger partial charge on any atom is 0.246 e. The molecule has 2 atom stereocenters. The molecule has 8 nitrogen and oxygen atoms in total. The number of hydrogen-bond acceptors (Lipinski definition) is 5. The summed E-state index contributed by atoms with van der Waals surface area (Å²) in [6, 6.07) is 7.66. The highest BCUT2D eigenvalue weighted by Crippen LogP contribution is 2.24. The molecular formula is C21H30ClIN6O2. The second-order valence-electron chi connectivity index (χ2n) is 7.82. The number of halogens is 2. The Morgan fingerprint density at radius 2 is 2.16 bits per heavy atom. The van der Waals surface area contributed by atoms with Gasteiger partial charge in [-0.15, -0.1) is 24.0 Å². The molecule has 0 radical (unpaired) electrons. The molecule has 10 heteroatoms. The van der Waals surface area contributed by atoms with E-state index in [-0.39, 0.29) is 47.9 Å². The number of guanidine groups is 1. The third-order valence-corrected chi connectivity index (χ3v) is 5.23. The quantitative estimate of drug-likeness (QED) is 0.282. The molecule has 2 unspecified atom stereocenters. The van der Waals surface area contributed by atoms with Crippen LogP contribution in [-0.2, 0) is 11.3 Å². The molecule has 1 aromatic heterocycles. The number of amides is 1. The Hall–Kier alpha value is -1.88. The highest BCUT2D eigenvalue weighted by Gasteiger charge is 2.28. The van der Waals surface area contributed by atoms with Gasteiger partial charge in [0.05, 0.1) is 6.54 Å². The summed E-state index contributed by atoms with van der Waals surface area (Å²) < 4.78 is 5.33. The first-order valence-corrected chi connectivity index (χ1v) is 10.7. The van der Waals surface area contributed by atoms with Crippen LogP contribution in [0.15, 0.2) is 33.8 Å². The van der Waals surface area contributed by atoms with E-state index >= 15 is 0 Å². The Morgan fingerprint density at radius 1 is 1.35 bits per heavy atom. The fourth-order valence-electron chi connectivity index (χ4n) is 3.58. The average Bonchev–Trinajstić information content (AvgIpc) is 3.20. The number of nitrogens with zero attached hydrogens (tertiary/aromatic N) is 3. The van der Waals surface area contributed by atoms with Crippen molar-refractivity contribution in [1.29, 1.82) is 0 Å². The number of carbonyl (C=O) groups is 1. The predicted octanol–water partition coefficient (Wildman–Crippen LogP) is 3.76. The Labute approximate surface area is 205 Å². The number of aliphatic imine (C=N–C) groups is 1. The van der Waals surface area contributed by atoms with Crippen molar-refractivity contribution >= 4 is 47.4 Å². The van der Waals surface area contributed by atoms with E-state index in [1.807, 2.05) is 26.0 Å². The van der Waals surface area contributed by atoms with Gasteiger partial charge in [-0.3, -0.25) is 9.79 Å². The van der Waals surface area contributed by atoms with Gasteiger partial charge < -0.3 is 20.5 Å². The number of nitrogens with one attached hydrogen (secondary N) is 3. The normalized spacial score (nSPS) is 18.9. The van der Waals surface area contributed by atoms with Crippen LogP contribution in [0.1, 0.15) is 45.4 Å². The second kappa shape index (κ2) is 12.2. The second-order valence-corrected chi connectivity index (χ2v) is 8.25. The summed E-state index contributed by atoms with van der Waals surface area (Å²) in [4.78, 5) is 21.0. The smallest absolute Gasteiger partial charge is 0.246 e. The summed E-state index contributed by atoms with van der Waals surface area (Å²) in [6.07, 6.45) is 3.74. The van der Waals surface area contributed by atoms with Crippen LogP contribution in [0.3, 0.4) is 0 Å². The van der Waals surface area contributed by atoms with E-state index in [1.54, 1.807) is 19.2 Å². The van der Waals surface area contributed by atoms with E-state index in [4.69, 9.17) is 16.1 Å². The van der Waals surface area contributed by atoms with Crippen molar-refractivity contribution < 1.29 is 9.32 Å². The zero-order valence-electron chi connectivity index (χ0n) is 18.0. The lowest BCUT2D eigenvalue weighted by molar-refractivity contribution is -0.126. The van der Waals surface area contributed by atoms with Crippen molar-refractivity contribution in [3.05, 3.63) is 35.2 Å². The molecule has 0 spiro atoms. The first-order chi connectivity index (χ1) is 14.4. The lowest BCUT2D eigenvalue weighted by atomic mass is 9.85. The summed E-state index contributed by atoms with van der Waals surface area (Å²) in [5, 5.41) is 14.3. The third kappa shape index (κ3) is 7.64.